The van der Waals surface area contributed by atoms with Gasteiger partial charge in [0.25, 0.3) is 10.0 Å². The van der Waals surface area contributed by atoms with Crippen molar-refractivity contribution in [2.24, 2.45) is 0 Å². The number of thiophene rings is 1. The van der Waals surface area contributed by atoms with Crippen LogP contribution in [0, 0.1) is 0 Å². The standard InChI is InChI=1S/C16H18N4O3S2/c1-3-25(21,22)20-16(17-11-14-5-4-10-24-14)18-15(19-20)12-6-8-13(23-2)9-7-12/h4-10H,3,11H2,1-2H3,(H,17,18,19). The Morgan fingerprint density at radius 1 is 1.24 bits per heavy atom. The summed E-state index contributed by atoms with van der Waals surface area (Å²) in [6.45, 7) is 2.06. The first-order chi connectivity index (χ1) is 12.0. The van der Waals surface area contributed by atoms with Crippen LogP contribution in [0.25, 0.3) is 11.4 Å². The van der Waals surface area contributed by atoms with Crippen LogP contribution in [0.15, 0.2) is 41.8 Å². The van der Waals surface area contributed by atoms with E-state index in [9.17, 15) is 8.42 Å². The van der Waals surface area contributed by atoms with E-state index in [1.54, 1.807) is 49.6 Å². The molecule has 132 valence electrons. The van der Waals surface area contributed by atoms with Crippen LogP contribution in [0.3, 0.4) is 0 Å². The predicted molar refractivity (Wildman–Crippen MR) is 98.5 cm³/mol. The number of anilines is 1. The molecule has 2 heterocycles. The lowest BCUT2D eigenvalue weighted by Gasteiger charge is -2.06. The minimum absolute atomic E-state index is 0.0634. The fourth-order valence-electron chi connectivity index (χ4n) is 2.16. The maximum atomic E-state index is 12.3. The highest BCUT2D eigenvalue weighted by atomic mass is 32.2. The van der Waals surface area contributed by atoms with Crippen LogP contribution >= 0.6 is 11.3 Å². The number of hydrogen-bond donors (Lipinski definition) is 1. The summed E-state index contributed by atoms with van der Waals surface area (Å²) in [6.07, 6.45) is 0. The van der Waals surface area contributed by atoms with Crippen molar-refractivity contribution in [3.63, 3.8) is 0 Å². The van der Waals surface area contributed by atoms with Gasteiger partial charge in [0, 0.05) is 10.4 Å². The summed E-state index contributed by atoms with van der Waals surface area (Å²) in [5, 5.41) is 9.23. The molecule has 0 radical (unpaired) electrons. The SMILES string of the molecule is CCS(=O)(=O)n1nc(-c2ccc(OC)cc2)nc1NCc1cccs1. The monoisotopic (exact) mass is 378 g/mol. The van der Waals surface area contributed by atoms with Gasteiger partial charge >= 0.3 is 0 Å². The van der Waals surface area contributed by atoms with Gasteiger partial charge in [0.2, 0.25) is 5.95 Å². The summed E-state index contributed by atoms with van der Waals surface area (Å²) >= 11 is 1.59. The highest BCUT2D eigenvalue weighted by Gasteiger charge is 2.20. The Hall–Kier alpha value is -2.39. The first-order valence-corrected chi connectivity index (χ1v) is 10.1. The molecule has 0 amide bonds. The second kappa shape index (κ2) is 7.24. The Kier molecular flexibility index (Phi) is 5.05. The normalized spacial score (nSPS) is 11.4. The Bertz CT molecular complexity index is 932. The van der Waals surface area contributed by atoms with Crippen LogP contribution in [0.4, 0.5) is 5.95 Å². The molecule has 3 rings (SSSR count). The maximum Gasteiger partial charge on any atom is 0.256 e. The van der Waals surface area contributed by atoms with Gasteiger partial charge in [-0.3, -0.25) is 0 Å². The largest absolute Gasteiger partial charge is 0.497 e. The van der Waals surface area contributed by atoms with E-state index in [-0.39, 0.29) is 11.7 Å². The summed E-state index contributed by atoms with van der Waals surface area (Å²) in [4.78, 5) is 5.45. The third-order valence-corrected chi connectivity index (χ3v) is 5.94. The average Bonchev–Trinajstić information content (AvgIpc) is 3.30. The van der Waals surface area contributed by atoms with Crippen molar-refractivity contribution in [1.29, 1.82) is 0 Å². The minimum Gasteiger partial charge on any atom is -0.497 e. The summed E-state index contributed by atoms with van der Waals surface area (Å²) in [5.41, 5.74) is 0.713. The van der Waals surface area contributed by atoms with Crippen molar-refractivity contribution in [3.8, 4) is 17.1 Å². The molecule has 0 saturated carbocycles. The molecule has 3 aromatic rings. The number of nitrogens with zero attached hydrogens (tertiary/aromatic N) is 3. The van der Waals surface area contributed by atoms with Gasteiger partial charge in [-0.2, -0.15) is 4.98 Å². The summed E-state index contributed by atoms with van der Waals surface area (Å²) in [6, 6.07) is 11.1. The van der Waals surface area contributed by atoms with Crippen LogP contribution in [0.5, 0.6) is 5.75 Å². The highest BCUT2D eigenvalue weighted by Crippen LogP contribution is 2.22. The van der Waals surface area contributed by atoms with E-state index in [1.807, 2.05) is 17.5 Å². The predicted octanol–water partition coefficient (Wildman–Crippen LogP) is 2.83. The number of nitrogens with one attached hydrogen (secondary N) is 1. The minimum atomic E-state index is -3.56. The van der Waals surface area contributed by atoms with Gasteiger partial charge in [-0.25, -0.2) is 8.42 Å². The van der Waals surface area contributed by atoms with Gasteiger partial charge in [0.1, 0.15) is 5.75 Å². The van der Waals surface area contributed by atoms with E-state index in [0.717, 1.165) is 8.96 Å². The molecule has 0 unspecified atom stereocenters. The number of methoxy groups -OCH3 is 1. The fraction of sp³-hybridized carbons (Fsp3) is 0.250. The lowest BCUT2D eigenvalue weighted by molar-refractivity contribution is 0.415. The highest BCUT2D eigenvalue weighted by molar-refractivity contribution is 7.89. The fourth-order valence-corrected chi connectivity index (χ4v) is 3.62. The van der Waals surface area contributed by atoms with Gasteiger partial charge in [0.15, 0.2) is 5.82 Å². The van der Waals surface area contributed by atoms with Gasteiger partial charge in [-0.05, 0) is 42.6 Å². The molecule has 25 heavy (non-hydrogen) atoms. The summed E-state index contributed by atoms with van der Waals surface area (Å²) in [7, 11) is -1.97. The van der Waals surface area contributed by atoms with Gasteiger partial charge < -0.3 is 10.1 Å². The Morgan fingerprint density at radius 2 is 2.00 bits per heavy atom. The third-order valence-electron chi connectivity index (χ3n) is 3.56. The molecule has 0 aliphatic heterocycles. The topological polar surface area (TPSA) is 86.1 Å². The number of rotatable bonds is 7. The number of benzene rings is 1. The molecule has 1 N–H and O–H groups in total. The molecule has 0 saturated heterocycles. The van der Waals surface area contributed by atoms with Crippen molar-refractivity contribution in [3.05, 3.63) is 46.7 Å². The van der Waals surface area contributed by atoms with Crippen molar-refractivity contribution < 1.29 is 13.2 Å². The molecule has 1 aromatic carbocycles. The zero-order chi connectivity index (χ0) is 17.9. The zero-order valence-electron chi connectivity index (χ0n) is 13.8. The lowest BCUT2D eigenvalue weighted by Crippen LogP contribution is -2.19. The molecule has 0 bridgehead atoms. The molecule has 0 aliphatic carbocycles. The lowest BCUT2D eigenvalue weighted by atomic mass is 10.2. The molecule has 9 heteroatoms. The van der Waals surface area contributed by atoms with Crippen LogP contribution < -0.4 is 10.1 Å². The smallest absolute Gasteiger partial charge is 0.256 e. The van der Waals surface area contributed by atoms with E-state index in [1.165, 1.54) is 0 Å². The van der Waals surface area contributed by atoms with Gasteiger partial charge in [-0.1, -0.05) is 6.07 Å². The molecule has 0 aliphatic rings. The molecule has 0 atom stereocenters. The van der Waals surface area contributed by atoms with Crippen LogP contribution in [0.1, 0.15) is 11.8 Å². The Labute approximate surface area is 150 Å². The van der Waals surface area contributed by atoms with Crippen molar-refractivity contribution in [2.45, 2.75) is 13.5 Å². The van der Waals surface area contributed by atoms with E-state index >= 15 is 0 Å². The molecule has 7 nitrogen and oxygen atoms in total. The molecule has 0 fully saturated rings. The van der Waals surface area contributed by atoms with E-state index in [0.29, 0.717) is 23.7 Å². The first-order valence-electron chi connectivity index (χ1n) is 7.64. The Morgan fingerprint density at radius 3 is 2.60 bits per heavy atom. The van der Waals surface area contributed by atoms with E-state index in [4.69, 9.17) is 4.74 Å². The van der Waals surface area contributed by atoms with Gasteiger partial charge in [0.05, 0.1) is 19.4 Å². The Balaban J connectivity index is 1.95. The van der Waals surface area contributed by atoms with Crippen molar-refractivity contribution in [1.82, 2.24) is 14.2 Å². The number of hydrogen-bond acceptors (Lipinski definition) is 7. The van der Waals surface area contributed by atoms with E-state index < -0.39 is 10.0 Å². The average molecular weight is 378 g/mol. The molecular formula is C16H18N4O3S2. The van der Waals surface area contributed by atoms with Crippen molar-refractivity contribution >= 4 is 27.3 Å². The number of aromatic nitrogens is 3. The van der Waals surface area contributed by atoms with Crippen LogP contribution in [0.2, 0.25) is 0 Å². The third kappa shape index (κ3) is 3.83. The van der Waals surface area contributed by atoms with Crippen LogP contribution in [-0.4, -0.2) is 35.5 Å². The first kappa shape index (κ1) is 17.4. The number of ether oxygens (including phenoxy) is 1. The second-order valence-electron chi connectivity index (χ2n) is 5.16. The quantitative estimate of drug-likeness (QED) is 0.680. The summed E-state index contributed by atoms with van der Waals surface area (Å²) < 4.78 is 30.8. The maximum absolute atomic E-state index is 12.3. The van der Waals surface area contributed by atoms with Gasteiger partial charge in [-0.15, -0.1) is 20.5 Å². The second-order valence-corrected chi connectivity index (χ2v) is 8.28. The zero-order valence-corrected chi connectivity index (χ0v) is 15.5. The molecule has 2 aromatic heterocycles. The van der Waals surface area contributed by atoms with Crippen LogP contribution in [-0.2, 0) is 16.6 Å². The molecular weight excluding hydrogens is 360 g/mol. The summed E-state index contributed by atoms with van der Waals surface area (Å²) in [5.74, 6) is 1.20. The van der Waals surface area contributed by atoms with Crippen molar-refractivity contribution in [2.75, 3.05) is 18.2 Å². The van der Waals surface area contributed by atoms with E-state index in [2.05, 4.69) is 15.4 Å². The molecule has 0 spiro atoms.